The summed E-state index contributed by atoms with van der Waals surface area (Å²) < 4.78 is 0. The van der Waals surface area contributed by atoms with Gasteiger partial charge in [0.25, 0.3) is 11.6 Å². The summed E-state index contributed by atoms with van der Waals surface area (Å²) in [5.74, 6) is -0.411. The van der Waals surface area contributed by atoms with E-state index in [0.29, 0.717) is 26.6 Å². The Morgan fingerprint density at radius 3 is 2.75 bits per heavy atom. The highest BCUT2D eigenvalue weighted by atomic mass is 32.1. The van der Waals surface area contributed by atoms with E-state index in [-0.39, 0.29) is 5.69 Å². The summed E-state index contributed by atoms with van der Waals surface area (Å²) in [6.07, 6.45) is 0. The van der Waals surface area contributed by atoms with Crippen molar-refractivity contribution in [2.75, 3.05) is 11.1 Å². The Bertz CT molecular complexity index is 981. The van der Waals surface area contributed by atoms with Crippen LogP contribution in [0.25, 0.3) is 10.2 Å². The number of nitro groups is 1. The lowest BCUT2D eigenvalue weighted by atomic mass is 10.2. The number of fused-ring (bicyclic) bond motifs is 1. The van der Waals surface area contributed by atoms with Gasteiger partial charge >= 0.3 is 0 Å². The van der Waals surface area contributed by atoms with Gasteiger partial charge in [-0.3, -0.25) is 14.9 Å². The third-order valence-electron chi connectivity index (χ3n) is 3.60. The predicted octanol–water partition coefficient (Wildman–Crippen LogP) is 3.66. The van der Waals surface area contributed by atoms with Crippen molar-refractivity contribution in [3.05, 3.63) is 56.6 Å². The summed E-state index contributed by atoms with van der Waals surface area (Å²) in [6.45, 7) is 3.50. The van der Waals surface area contributed by atoms with Gasteiger partial charge in [-0.2, -0.15) is 0 Å². The van der Waals surface area contributed by atoms with Crippen LogP contribution in [0.1, 0.15) is 20.9 Å². The molecular weight excluding hydrogens is 328 g/mol. The number of nitro benzene ring substituents is 1. The molecule has 8 heteroatoms. The van der Waals surface area contributed by atoms with E-state index < -0.39 is 10.8 Å². The molecule has 0 saturated carbocycles. The molecule has 3 N–H and O–H groups in total. The molecule has 1 aromatic carbocycles. The minimum Gasteiger partial charge on any atom is -0.397 e. The molecule has 0 spiro atoms. The molecule has 0 unspecified atom stereocenters. The monoisotopic (exact) mass is 342 g/mol. The zero-order valence-corrected chi connectivity index (χ0v) is 13.8. The lowest BCUT2D eigenvalue weighted by molar-refractivity contribution is -0.385. The first-order valence-electron chi connectivity index (χ1n) is 7.09. The molecule has 1 amide bonds. The standard InChI is InChI=1S/C16H14N4O3S/c1-8-3-5-10(7-12(8)20(22)23)19-15(21)14-13(17)11-6-4-9(2)18-16(11)24-14/h3-7H,17H2,1-2H3,(H,19,21). The normalized spacial score (nSPS) is 10.8. The molecule has 2 aromatic heterocycles. The summed E-state index contributed by atoms with van der Waals surface area (Å²) in [5, 5.41) is 14.4. The summed E-state index contributed by atoms with van der Waals surface area (Å²) in [5.41, 5.74) is 8.07. The van der Waals surface area contributed by atoms with Crippen molar-refractivity contribution in [2.45, 2.75) is 13.8 Å². The average molecular weight is 342 g/mol. The fraction of sp³-hybridized carbons (Fsp3) is 0.125. The first kappa shape index (κ1) is 15.9. The Morgan fingerprint density at radius 2 is 2.04 bits per heavy atom. The molecule has 0 atom stereocenters. The fourth-order valence-corrected chi connectivity index (χ4v) is 3.36. The van der Waals surface area contributed by atoms with E-state index in [1.54, 1.807) is 19.1 Å². The number of aryl methyl sites for hydroxylation is 2. The molecular formula is C16H14N4O3S. The third-order valence-corrected chi connectivity index (χ3v) is 4.72. The second-order valence-corrected chi connectivity index (χ2v) is 6.36. The van der Waals surface area contributed by atoms with Crippen LogP contribution in [0.15, 0.2) is 30.3 Å². The van der Waals surface area contributed by atoms with E-state index in [1.807, 2.05) is 19.1 Å². The van der Waals surface area contributed by atoms with Crippen LogP contribution >= 0.6 is 11.3 Å². The van der Waals surface area contributed by atoms with Crippen LogP contribution in [-0.4, -0.2) is 15.8 Å². The molecule has 0 radical (unpaired) electrons. The highest BCUT2D eigenvalue weighted by molar-refractivity contribution is 7.21. The summed E-state index contributed by atoms with van der Waals surface area (Å²) in [7, 11) is 0. The topological polar surface area (TPSA) is 111 Å². The van der Waals surface area contributed by atoms with Crippen LogP contribution < -0.4 is 11.1 Å². The van der Waals surface area contributed by atoms with Crippen LogP contribution in [0, 0.1) is 24.0 Å². The lowest BCUT2D eigenvalue weighted by Crippen LogP contribution is -2.12. The number of hydrogen-bond acceptors (Lipinski definition) is 6. The Balaban J connectivity index is 1.94. The number of carbonyl (C=O) groups excluding carboxylic acids is 1. The van der Waals surface area contributed by atoms with Gasteiger partial charge in [0.2, 0.25) is 0 Å². The van der Waals surface area contributed by atoms with Crippen molar-refractivity contribution < 1.29 is 9.72 Å². The molecule has 7 nitrogen and oxygen atoms in total. The van der Waals surface area contributed by atoms with Crippen LogP contribution in [-0.2, 0) is 0 Å². The molecule has 0 aliphatic carbocycles. The van der Waals surface area contributed by atoms with Gasteiger partial charge in [-0.15, -0.1) is 11.3 Å². The Kier molecular flexibility index (Phi) is 3.90. The molecule has 0 saturated heterocycles. The van der Waals surface area contributed by atoms with Crippen molar-refractivity contribution in [1.29, 1.82) is 0 Å². The number of rotatable bonds is 3. The van der Waals surface area contributed by atoms with Crippen LogP contribution in [0.5, 0.6) is 0 Å². The largest absolute Gasteiger partial charge is 0.397 e. The van der Waals surface area contributed by atoms with Gasteiger partial charge in [-0.1, -0.05) is 6.07 Å². The number of thiophene rings is 1. The molecule has 2 heterocycles. The number of nitrogens with zero attached hydrogens (tertiary/aromatic N) is 2. The van der Waals surface area contributed by atoms with Crippen LogP contribution in [0.3, 0.4) is 0 Å². The van der Waals surface area contributed by atoms with Crippen molar-refractivity contribution in [2.24, 2.45) is 0 Å². The van der Waals surface area contributed by atoms with Gasteiger partial charge in [0.1, 0.15) is 9.71 Å². The van der Waals surface area contributed by atoms with Crippen LogP contribution in [0.4, 0.5) is 17.1 Å². The number of hydrogen-bond donors (Lipinski definition) is 2. The Hall–Kier alpha value is -3.00. The number of nitrogens with two attached hydrogens (primary N) is 1. The Labute approximate surface area is 141 Å². The third kappa shape index (κ3) is 2.79. The van der Waals surface area contributed by atoms with Gasteiger partial charge in [0.15, 0.2) is 0 Å². The van der Waals surface area contributed by atoms with Crippen molar-refractivity contribution in [3.63, 3.8) is 0 Å². The van der Waals surface area contributed by atoms with Crippen molar-refractivity contribution >= 4 is 44.5 Å². The summed E-state index contributed by atoms with van der Waals surface area (Å²) >= 11 is 1.20. The van der Waals surface area contributed by atoms with E-state index in [2.05, 4.69) is 10.3 Å². The number of nitrogen functional groups attached to an aromatic ring is 1. The highest BCUT2D eigenvalue weighted by Gasteiger charge is 2.19. The van der Waals surface area contributed by atoms with Gasteiger partial charge in [-0.05, 0) is 32.0 Å². The maximum atomic E-state index is 12.5. The molecule has 122 valence electrons. The smallest absolute Gasteiger partial charge is 0.274 e. The summed E-state index contributed by atoms with van der Waals surface area (Å²) in [6, 6.07) is 8.20. The molecule has 3 rings (SSSR count). The van der Waals surface area contributed by atoms with Crippen molar-refractivity contribution in [1.82, 2.24) is 4.98 Å². The number of benzene rings is 1. The number of aromatic nitrogens is 1. The lowest BCUT2D eigenvalue weighted by Gasteiger charge is -2.05. The van der Waals surface area contributed by atoms with Crippen molar-refractivity contribution in [3.8, 4) is 0 Å². The summed E-state index contributed by atoms with van der Waals surface area (Å²) in [4.78, 5) is 28.4. The SMILES string of the molecule is Cc1ccc2c(N)c(C(=O)Nc3ccc(C)c([N+](=O)[O-])c3)sc2n1. The van der Waals surface area contributed by atoms with Gasteiger partial charge in [-0.25, -0.2) is 4.98 Å². The first-order valence-corrected chi connectivity index (χ1v) is 7.90. The molecule has 0 aliphatic heterocycles. The predicted molar refractivity (Wildman–Crippen MR) is 94.6 cm³/mol. The fourth-order valence-electron chi connectivity index (χ4n) is 2.33. The second-order valence-electron chi connectivity index (χ2n) is 5.36. The highest BCUT2D eigenvalue weighted by Crippen LogP contribution is 2.33. The van der Waals surface area contributed by atoms with Gasteiger partial charge in [0, 0.05) is 28.4 Å². The quantitative estimate of drug-likeness (QED) is 0.557. The molecule has 0 fully saturated rings. The van der Waals surface area contributed by atoms with E-state index in [9.17, 15) is 14.9 Å². The second kappa shape index (κ2) is 5.89. The molecule has 24 heavy (non-hydrogen) atoms. The number of anilines is 2. The van der Waals surface area contributed by atoms with E-state index in [0.717, 1.165) is 11.1 Å². The zero-order chi connectivity index (χ0) is 17.4. The van der Waals surface area contributed by atoms with Crippen LogP contribution in [0.2, 0.25) is 0 Å². The van der Waals surface area contributed by atoms with Gasteiger partial charge in [0.05, 0.1) is 10.6 Å². The minimum atomic E-state index is -0.481. The van der Waals surface area contributed by atoms with E-state index in [4.69, 9.17) is 5.73 Å². The maximum absolute atomic E-state index is 12.5. The van der Waals surface area contributed by atoms with E-state index >= 15 is 0 Å². The number of carbonyl (C=O) groups is 1. The molecule has 0 aliphatic rings. The van der Waals surface area contributed by atoms with Gasteiger partial charge < -0.3 is 11.1 Å². The maximum Gasteiger partial charge on any atom is 0.274 e. The van der Waals surface area contributed by atoms with E-state index in [1.165, 1.54) is 17.4 Å². The average Bonchev–Trinajstić information content (AvgIpc) is 2.85. The number of pyridine rings is 1. The minimum absolute atomic E-state index is 0.0468. The number of nitrogens with one attached hydrogen (secondary N) is 1. The number of amides is 1. The zero-order valence-electron chi connectivity index (χ0n) is 13.0. The first-order chi connectivity index (χ1) is 11.4. The Morgan fingerprint density at radius 1 is 1.29 bits per heavy atom. The molecule has 3 aromatic rings. The molecule has 0 bridgehead atoms.